The van der Waals surface area contributed by atoms with Crippen molar-refractivity contribution in [3.8, 4) is 0 Å². The number of carbonyl (C=O) groups is 1. The molecule has 0 unspecified atom stereocenters. The van der Waals surface area contributed by atoms with Gasteiger partial charge in [-0.3, -0.25) is 9.89 Å². The van der Waals surface area contributed by atoms with Crippen LogP contribution < -0.4 is 5.73 Å². The van der Waals surface area contributed by atoms with Gasteiger partial charge in [0.2, 0.25) is 0 Å². The van der Waals surface area contributed by atoms with E-state index in [9.17, 15) is 4.79 Å². The average Bonchev–Trinajstić information content (AvgIpc) is 2.78. The number of nitrogens with two attached hydrogens (primary N) is 1. The Labute approximate surface area is 121 Å². The fraction of sp³-hybridized carbons (Fsp3) is 0.733. The lowest BCUT2D eigenvalue weighted by Crippen LogP contribution is -2.42. The molecule has 0 aliphatic heterocycles. The Bertz CT molecular complexity index is 435. The van der Waals surface area contributed by atoms with Gasteiger partial charge in [-0.25, -0.2) is 0 Å². The second-order valence-electron chi connectivity index (χ2n) is 5.64. The first-order chi connectivity index (χ1) is 9.46. The number of nitrogen functional groups attached to an aromatic ring is 1. The van der Waals surface area contributed by atoms with Crippen molar-refractivity contribution < 1.29 is 4.79 Å². The van der Waals surface area contributed by atoms with Crippen LogP contribution in [0.2, 0.25) is 0 Å². The van der Waals surface area contributed by atoms with Crippen molar-refractivity contribution in [2.45, 2.75) is 59.9 Å². The van der Waals surface area contributed by atoms with Gasteiger partial charge in [0.15, 0.2) is 5.69 Å². The molecule has 0 aliphatic carbocycles. The van der Waals surface area contributed by atoms with E-state index in [0.29, 0.717) is 17.3 Å². The highest BCUT2D eigenvalue weighted by atomic mass is 16.2. The predicted molar refractivity (Wildman–Crippen MR) is 82.6 cm³/mol. The molecule has 114 valence electrons. The van der Waals surface area contributed by atoms with Gasteiger partial charge in [-0.15, -0.1) is 0 Å². The Morgan fingerprint density at radius 3 is 2.30 bits per heavy atom. The Morgan fingerprint density at radius 1 is 1.30 bits per heavy atom. The van der Waals surface area contributed by atoms with Crippen molar-refractivity contribution in [2.75, 3.05) is 12.3 Å². The van der Waals surface area contributed by atoms with Crippen LogP contribution >= 0.6 is 0 Å². The average molecular weight is 280 g/mol. The van der Waals surface area contributed by atoms with Crippen LogP contribution in [0.4, 0.5) is 5.69 Å². The molecule has 3 N–H and O–H groups in total. The highest BCUT2D eigenvalue weighted by Crippen LogP contribution is 2.20. The minimum Gasteiger partial charge on any atom is -0.395 e. The molecule has 1 heterocycles. The van der Waals surface area contributed by atoms with Crippen LogP contribution in [0.15, 0.2) is 0 Å². The van der Waals surface area contributed by atoms with E-state index in [-0.39, 0.29) is 11.9 Å². The van der Waals surface area contributed by atoms with Crippen LogP contribution in [-0.4, -0.2) is 33.6 Å². The molecule has 1 aromatic rings. The van der Waals surface area contributed by atoms with Gasteiger partial charge < -0.3 is 10.6 Å². The first-order valence-corrected chi connectivity index (χ1v) is 7.59. The number of H-pyrrole nitrogens is 1. The topological polar surface area (TPSA) is 75.0 Å². The van der Waals surface area contributed by atoms with E-state index in [0.717, 1.165) is 31.5 Å². The number of aromatic amines is 1. The number of nitrogens with zero attached hydrogens (tertiary/aromatic N) is 2. The molecule has 20 heavy (non-hydrogen) atoms. The van der Waals surface area contributed by atoms with Gasteiger partial charge in [0.05, 0.1) is 11.4 Å². The third kappa shape index (κ3) is 3.52. The summed E-state index contributed by atoms with van der Waals surface area (Å²) in [4.78, 5) is 14.7. The van der Waals surface area contributed by atoms with E-state index in [4.69, 9.17) is 5.73 Å². The van der Waals surface area contributed by atoms with E-state index >= 15 is 0 Å². The monoisotopic (exact) mass is 280 g/mol. The van der Waals surface area contributed by atoms with Crippen molar-refractivity contribution >= 4 is 11.6 Å². The third-order valence-electron chi connectivity index (χ3n) is 3.65. The third-order valence-corrected chi connectivity index (χ3v) is 3.65. The molecule has 5 nitrogen and oxygen atoms in total. The van der Waals surface area contributed by atoms with Crippen LogP contribution in [0, 0.1) is 5.92 Å². The number of hydrogen-bond donors (Lipinski definition) is 2. The molecule has 1 amide bonds. The number of aryl methyl sites for hydroxylation is 1. The molecular weight excluding hydrogens is 252 g/mol. The zero-order valence-corrected chi connectivity index (χ0v) is 13.4. The number of rotatable bonds is 7. The van der Waals surface area contributed by atoms with Gasteiger partial charge in [-0.1, -0.05) is 34.6 Å². The minimum atomic E-state index is -0.0548. The maximum atomic E-state index is 12.8. The van der Waals surface area contributed by atoms with Crippen molar-refractivity contribution in [3.63, 3.8) is 0 Å². The van der Waals surface area contributed by atoms with E-state index in [1.54, 1.807) is 0 Å². The quantitative estimate of drug-likeness (QED) is 0.806. The lowest BCUT2D eigenvalue weighted by molar-refractivity contribution is 0.0635. The number of amides is 1. The summed E-state index contributed by atoms with van der Waals surface area (Å²) in [6.45, 7) is 11.2. The summed E-state index contributed by atoms with van der Waals surface area (Å²) in [6, 6.07) is 0.242. The van der Waals surface area contributed by atoms with E-state index in [1.807, 2.05) is 11.8 Å². The number of aromatic nitrogens is 2. The maximum absolute atomic E-state index is 12.8. The van der Waals surface area contributed by atoms with E-state index < -0.39 is 0 Å². The predicted octanol–water partition coefficient (Wildman–Crippen LogP) is 2.84. The fourth-order valence-electron chi connectivity index (χ4n) is 2.48. The summed E-state index contributed by atoms with van der Waals surface area (Å²) >= 11 is 0. The molecule has 0 radical (unpaired) electrons. The largest absolute Gasteiger partial charge is 0.395 e. The summed E-state index contributed by atoms with van der Waals surface area (Å²) in [5, 5.41) is 6.99. The zero-order chi connectivity index (χ0) is 15.3. The molecule has 0 aliphatic rings. The van der Waals surface area contributed by atoms with Crippen LogP contribution in [0.5, 0.6) is 0 Å². The first-order valence-electron chi connectivity index (χ1n) is 7.59. The Hall–Kier alpha value is -1.52. The first kappa shape index (κ1) is 16.5. The smallest absolute Gasteiger partial charge is 0.276 e. The normalized spacial score (nSPS) is 11.3. The van der Waals surface area contributed by atoms with Gasteiger partial charge in [-0.05, 0) is 25.2 Å². The van der Waals surface area contributed by atoms with Gasteiger partial charge in [0.1, 0.15) is 0 Å². The number of anilines is 1. The second-order valence-corrected chi connectivity index (χ2v) is 5.64. The minimum absolute atomic E-state index is 0.0548. The molecule has 0 spiro atoms. The van der Waals surface area contributed by atoms with Gasteiger partial charge >= 0.3 is 0 Å². The zero-order valence-electron chi connectivity index (χ0n) is 13.4. The summed E-state index contributed by atoms with van der Waals surface area (Å²) in [5.41, 5.74) is 7.73. The summed E-state index contributed by atoms with van der Waals surface area (Å²) in [7, 11) is 0. The maximum Gasteiger partial charge on any atom is 0.276 e. The molecule has 0 fully saturated rings. The molecule has 0 saturated heterocycles. The van der Waals surface area contributed by atoms with Gasteiger partial charge in [0, 0.05) is 12.6 Å². The van der Waals surface area contributed by atoms with Gasteiger partial charge in [-0.2, -0.15) is 5.10 Å². The second kappa shape index (κ2) is 7.31. The van der Waals surface area contributed by atoms with Crippen molar-refractivity contribution in [2.24, 2.45) is 5.92 Å². The van der Waals surface area contributed by atoms with Crippen LogP contribution in [0.3, 0.4) is 0 Å². The van der Waals surface area contributed by atoms with Crippen LogP contribution in [-0.2, 0) is 6.42 Å². The Balaban J connectivity index is 3.05. The molecule has 0 saturated carbocycles. The van der Waals surface area contributed by atoms with Crippen LogP contribution in [0.25, 0.3) is 0 Å². The lowest BCUT2D eigenvalue weighted by atomic mass is 10.1. The molecule has 0 aromatic carbocycles. The molecule has 5 heteroatoms. The van der Waals surface area contributed by atoms with Crippen LogP contribution in [0.1, 0.15) is 63.6 Å². The SMILES string of the molecule is CCc1[nH]nc(C(=O)N(CC(C)C)C(CC)CC)c1N. The summed E-state index contributed by atoms with van der Waals surface area (Å²) in [6.07, 6.45) is 2.64. The number of carbonyl (C=O) groups excluding carboxylic acids is 1. The highest BCUT2D eigenvalue weighted by molar-refractivity contribution is 5.97. The molecular formula is C15H28N4O. The van der Waals surface area contributed by atoms with Crippen molar-refractivity contribution in [1.82, 2.24) is 15.1 Å². The summed E-state index contributed by atoms with van der Waals surface area (Å²) < 4.78 is 0. The lowest BCUT2D eigenvalue weighted by Gasteiger charge is -2.31. The number of hydrogen-bond acceptors (Lipinski definition) is 3. The highest BCUT2D eigenvalue weighted by Gasteiger charge is 2.27. The fourth-order valence-corrected chi connectivity index (χ4v) is 2.48. The Kier molecular flexibility index (Phi) is 6.05. The van der Waals surface area contributed by atoms with Crippen molar-refractivity contribution in [3.05, 3.63) is 11.4 Å². The molecule has 1 aromatic heterocycles. The standard InChI is InChI=1S/C15H28N4O/c1-6-11(7-2)19(9-10(4)5)15(20)14-13(16)12(8-3)17-18-14/h10-11H,6-9,16H2,1-5H3,(H,17,18). The van der Waals surface area contributed by atoms with E-state index in [2.05, 4.69) is 37.9 Å². The number of nitrogens with one attached hydrogen (secondary N) is 1. The molecule has 0 bridgehead atoms. The van der Waals surface area contributed by atoms with Crippen molar-refractivity contribution in [1.29, 1.82) is 0 Å². The van der Waals surface area contributed by atoms with Gasteiger partial charge in [0.25, 0.3) is 5.91 Å². The summed E-state index contributed by atoms with van der Waals surface area (Å²) in [5.74, 6) is 0.367. The molecule has 1 rings (SSSR count). The molecule has 0 atom stereocenters. The van der Waals surface area contributed by atoms with E-state index in [1.165, 1.54) is 0 Å². The Morgan fingerprint density at radius 2 is 1.90 bits per heavy atom.